The molecule has 0 bridgehead atoms. The van der Waals surface area contributed by atoms with Crippen molar-refractivity contribution >= 4 is 21.7 Å². The maximum Gasteiger partial charge on any atom is 0.323 e. The van der Waals surface area contributed by atoms with Gasteiger partial charge in [0, 0.05) is 12.4 Å². The molecular formula is C11H12N4O4S. The largest absolute Gasteiger partial charge is 0.480 e. The molecule has 0 aliphatic rings. The molecule has 2 aromatic rings. The van der Waals surface area contributed by atoms with Crippen molar-refractivity contribution in [2.24, 2.45) is 0 Å². The van der Waals surface area contributed by atoms with Crippen LogP contribution in [0.15, 0.2) is 37.1 Å². The lowest BCUT2D eigenvalue weighted by Gasteiger charge is -2.11. The van der Waals surface area contributed by atoms with Gasteiger partial charge in [0.25, 0.3) is 0 Å². The summed E-state index contributed by atoms with van der Waals surface area (Å²) >= 11 is 0. The van der Waals surface area contributed by atoms with Crippen molar-refractivity contribution in [3.8, 4) is 5.82 Å². The summed E-state index contributed by atoms with van der Waals surface area (Å²) in [6, 6.07) is 3.08. The first-order valence-electron chi connectivity index (χ1n) is 5.59. The number of carbonyl (C=O) groups is 1. The molecule has 0 fully saturated rings. The molecule has 0 aliphatic heterocycles. The first kappa shape index (κ1) is 14.0. The summed E-state index contributed by atoms with van der Waals surface area (Å²) < 4.78 is 27.3. The first-order chi connectivity index (χ1) is 9.40. The normalized spacial score (nSPS) is 12.8. The highest BCUT2D eigenvalue weighted by Crippen LogP contribution is 2.13. The number of hydrogen-bond donors (Lipinski definition) is 2. The van der Waals surface area contributed by atoms with Crippen LogP contribution in [0.1, 0.15) is 6.92 Å². The minimum absolute atomic E-state index is 0.196. The lowest BCUT2D eigenvalue weighted by Crippen LogP contribution is -2.32. The molecule has 20 heavy (non-hydrogen) atoms. The van der Waals surface area contributed by atoms with Gasteiger partial charge in [-0.1, -0.05) is 0 Å². The molecule has 106 valence electrons. The molecule has 0 saturated heterocycles. The van der Waals surface area contributed by atoms with Gasteiger partial charge in [0.15, 0.2) is 5.25 Å². The Morgan fingerprint density at radius 1 is 1.45 bits per heavy atom. The smallest absolute Gasteiger partial charge is 0.323 e. The van der Waals surface area contributed by atoms with E-state index < -0.39 is 21.2 Å². The monoisotopic (exact) mass is 296 g/mol. The van der Waals surface area contributed by atoms with Crippen molar-refractivity contribution < 1.29 is 18.3 Å². The number of aromatic nitrogens is 3. The van der Waals surface area contributed by atoms with Crippen molar-refractivity contribution in [3.05, 3.63) is 37.1 Å². The van der Waals surface area contributed by atoms with Gasteiger partial charge in [-0.15, -0.1) is 0 Å². The highest BCUT2D eigenvalue weighted by atomic mass is 32.2. The van der Waals surface area contributed by atoms with Crippen LogP contribution in [-0.2, 0) is 14.8 Å². The van der Waals surface area contributed by atoms with Gasteiger partial charge < -0.3 is 5.11 Å². The number of nitrogens with one attached hydrogen (secondary N) is 1. The number of imidazole rings is 1. The van der Waals surface area contributed by atoms with Crippen molar-refractivity contribution in [1.82, 2.24) is 14.5 Å². The second kappa shape index (κ2) is 5.29. The Labute approximate surface area is 115 Å². The maximum absolute atomic E-state index is 11.7. The first-order valence-corrected chi connectivity index (χ1v) is 7.13. The molecule has 9 heteroatoms. The third kappa shape index (κ3) is 2.94. The van der Waals surface area contributed by atoms with E-state index in [9.17, 15) is 13.2 Å². The third-order valence-electron chi connectivity index (χ3n) is 2.59. The fourth-order valence-corrected chi connectivity index (χ4v) is 2.27. The van der Waals surface area contributed by atoms with Crippen LogP contribution < -0.4 is 4.72 Å². The van der Waals surface area contributed by atoms with Gasteiger partial charge in [-0.3, -0.25) is 14.1 Å². The molecular weight excluding hydrogens is 284 g/mol. The third-order valence-corrected chi connectivity index (χ3v) is 4.24. The topological polar surface area (TPSA) is 114 Å². The predicted octanol–water partition coefficient (Wildman–Crippen LogP) is 0.482. The molecule has 0 saturated carbocycles. The Kier molecular flexibility index (Phi) is 3.70. The molecule has 1 atom stereocenters. The summed E-state index contributed by atoms with van der Waals surface area (Å²) in [6.45, 7) is 1.10. The van der Waals surface area contributed by atoms with Crippen LogP contribution in [0.4, 0.5) is 5.69 Å². The maximum atomic E-state index is 11.7. The van der Waals surface area contributed by atoms with E-state index in [0.29, 0.717) is 5.82 Å². The summed E-state index contributed by atoms with van der Waals surface area (Å²) in [7, 11) is -3.99. The molecule has 0 spiro atoms. The number of carboxylic acid groups (broad SMARTS) is 1. The van der Waals surface area contributed by atoms with Crippen LogP contribution in [-0.4, -0.2) is 39.3 Å². The van der Waals surface area contributed by atoms with Gasteiger partial charge in [-0.25, -0.2) is 18.4 Å². The second-order valence-corrected chi connectivity index (χ2v) is 6.00. The van der Waals surface area contributed by atoms with E-state index in [2.05, 4.69) is 14.7 Å². The van der Waals surface area contributed by atoms with Crippen LogP contribution in [0.5, 0.6) is 0 Å². The summed E-state index contributed by atoms with van der Waals surface area (Å²) in [5.41, 5.74) is 0.196. The molecule has 0 amide bonds. The zero-order valence-corrected chi connectivity index (χ0v) is 11.3. The Balaban J connectivity index is 2.18. The molecule has 0 radical (unpaired) electrons. The van der Waals surface area contributed by atoms with E-state index >= 15 is 0 Å². The molecule has 1 unspecified atom stereocenters. The zero-order chi connectivity index (χ0) is 14.8. The van der Waals surface area contributed by atoms with E-state index in [1.807, 2.05) is 0 Å². The average molecular weight is 296 g/mol. The van der Waals surface area contributed by atoms with E-state index in [1.165, 1.54) is 12.3 Å². The lowest BCUT2D eigenvalue weighted by molar-refractivity contribution is -0.136. The predicted molar refractivity (Wildman–Crippen MR) is 71.0 cm³/mol. The van der Waals surface area contributed by atoms with Crippen molar-refractivity contribution in [3.63, 3.8) is 0 Å². The van der Waals surface area contributed by atoms with Crippen LogP contribution in [0.3, 0.4) is 0 Å². The van der Waals surface area contributed by atoms with Crippen LogP contribution in [0, 0.1) is 0 Å². The molecule has 2 rings (SSSR count). The van der Waals surface area contributed by atoms with Gasteiger partial charge >= 0.3 is 5.97 Å². The summed E-state index contributed by atoms with van der Waals surface area (Å²) in [5.74, 6) is -0.850. The standard InChI is InChI=1S/C11H12N4O4S/c1-8(11(16)17)20(18,19)14-9-2-3-10(13-6-9)15-5-4-12-7-15/h2-8,14H,1H3,(H,16,17). The van der Waals surface area contributed by atoms with E-state index in [-0.39, 0.29) is 5.69 Å². The zero-order valence-electron chi connectivity index (χ0n) is 10.5. The number of aliphatic carboxylic acids is 1. The summed E-state index contributed by atoms with van der Waals surface area (Å²) in [4.78, 5) is 18.6. The number of carboxylic acids is 1. The highest BCUT2D eigenvalue weighted by molar-refractivity contribution is 7.94. The van der Waals surface area contributed by atoms with Crippen molar-refractivity contribution in [2.75, 3.05) is 4.72 Å². The summed E-state index contributed by atoms with van der Waals surface area (Å²) in [5, 5.41) is 7.17. The van der Waals surface area contributed by atoms with Gasteiger partial charge in [0.2, 0.25) is 10.0 Å². The fourth-order valence-electron chi connectivity index (χ4n) is 1.38. The number of sulfonamides is 1. The fraction of sp³-hybridized carbons (Fsp3) is 0.182. The Morgan fingerprint density at radius 2 is 2.20 bits per heavy atom. The van der Waals surface area contributed by atoms with E-state index in [1.54, 1.807) is 29.4 Å². The molecule has 2 heterocycles. The molecule has 2 aromatic heterocycles. The highest BCUT2D eigenvalue weighted by Gasteiger charge is 2.27. The molecule has 0 aromatic carbocycles. The molecule has 0 aliphatic carbocycles. The number of pyridine rings is 1. The van der Waals surface area contributed by atoms with E-state index in [4.69, 9.17) is 5.11 Å². The number of anilines is 1. The number of nitrogens with zero attached hydrogens (tertiary/aromatic N) is 3. The van der Waals surface area contributed by atoms with E-state index in [0.717, 1.165) is 6.92 Å². The molecule has 2 N–H and O–H groups in total. The molecule has 8 nitrogen and oxygen atoms in total. The van der Waals surface area contributed by atoms with Crippen LogP contribution in [0.25, 0.3) is 5.82 Å². The quantitative estimate of drug-likeness (QED) is 0.829. The minimum atomic E-state index is -3.99. The van der Waals surface area contributed by atoms with Crippen LogP contribution >= 0.6 is 0 Å². The number of hydrogen-bond acceptors (Lipinski definition) is 5. The average Bonchev–Trinajstić information content (AvgIpc) is 2.92. The summed E-state index contributed by atoms with van der Waals surface area (Å²) in [6.07, 6.45) is 6.14. The second-order valence-electron chi connectivity index (χ2n) is 4.00. The SMILES string of the molecule is CC(C(=O)O)S(=O)(=O)Nc1ccc(-n2ccnc2)nc1. The minimum Gasteiger partial charge on any atom is -0.480 e. The van der Waals surface area contributed by atoms with Gasteiger partial charge in [0.1, 0.15) is 12.1 Å². The van der Waals surface area contributed by atoms with Crippen LogP contribution in [0.2, 0.25) is 0 Å². The Bertz CT molecular complexity index is 695. The van der Waals surface area contributed by atoms with Gasteiger partial charge in [-0.2, -0.15) is 0 Å². The lowest BCUT2D eigenvalue weighted by atomic mass is 10.4. The van der Waals surface area contributed by atoms with Crippen molar-refractivity contribution in [2.45, 2.75) is 12.2 Å². The van der Waals surface area contributed by atoms with Crippen molar-refractivity contribution in [1.29, 1.82) is 0 Å². The van der Waals surface area contributed by atoms with Gasteiger partial charge in [-0.05, 0) is 19.1 Å². The van der Waals surface area contributed by atoms with Gasteiger partial charge in [0.05, 0.1) is 11.9 Å². The number of rotatable bonds is 5. The Morgan fingerprint density at radius 3 is 2.70 bits per heavy atom. The Hall–Kier alpha value is -2.42.